The molecule has 0 saturated heterocycles. The summed E-state index contributed by atoms with van der Waals surface area (Å²) in [5.41, 5.74) is 0.487. The van der Waals surface area contributed by atoms with E-state index in [-0.39, 0.29) is 5.41 Å². The molecular formula is C13H20ClFN2. The van der Waals surface area contributed by atoms with Gasteiger partial charge >= 0.3 is 6.08 Å². The summed E-state index contributed by atoms with van der Waals surface area (Å²) < 4.78 is 13.1. The van der Waals surface area contributed by atoms with Crippen molar-refractivity contribution in [2.45, 2.75) is 58.3 Å². The zero-order valence-corrected chi connectivity index (χ0v) is 11.5. The molecule has 0 spiro atoms. The van der Waals surface area contributed by atoms with Gasteiger partial charge in [-0.05, 0) is 12.8 Å². The van der Waals surface area contributed by atoms with E-state index in [1.807, 2.05) is 0 Å². The summed E-state index contributed by atoms with van der Waals surface area (Å²) in [5, 5.41) is 0.465. The normalized spacial score (nSPS) is 14.6. The summed E-state index contributed by atoms with van der Waals surface area (Å²) in [6.45, 7) is 6.35. The fraction of sp³-hybridized carbons (Fsp3) is 0.692. The fourth-order valence-electron chi connectivity index (χ4n) is 2.00. The zero-order valence-electron chi connectivity index (χ0n) is 10.8. The third kappa shape index (κ3) is 3.63. The standard InChI is InChI=1S/C13H20ClFN2/c1-4-6-7-8-13(3,5-2)11-10(14)9-16-12(15)17-11/h9H,4-8H2,1-3H3. The molecule has 0 bridgehead atoms. The predicted octanol–water partition coefficient (Wildman–Crippen LogP) is 4.52. The number of nitrogens with zero attached hydrogens (tertiary/aromatic N) is 2. The zero-order chi connectivity index (χ0) is 12.9. The number of hydrogen-bond donors (Lipinski definition) is 0. The van der Waals surface area contributed by atoms with Crippen molar-refractivity contribution < 1.29 is 4.39 Å². The van der Waals surface area contributed by atoms with Crippen LogP contribution in [0, 0.1) is 6.08 Å². The first-order valence-corrected chi connectivity index (χ1v) is 6.59. The van der Waals surface area contributed by atoms with E-state index in [1.54, 1.807) is 0 Å². The molecular weight excluding hydrogens is 239 g/mol. The summed E-state index contributed by atoms with van der Waals surface area (Å²) in [6, 6.07) is 0. The number of aromatic nitrogens is 2. The molecule has 1 aromatic heterocycles. The van der Waals surface area contributed by atoms with E-state index in [0.717, 1.165) is 19.3 Å². The Hall–Kier alpha value is -0.700. The molecule has 0 aromatic carbocycles. The van der Waals surface area contributed by atoms with Gasteiger partial charge in [-0.3, -0.25) is 0 Å². The Kier molecular flexibility index (Phi) is 5.31. The molecule has 17 heavy (non-hydrogen) atoms. The van der Waals surface area contributed by atoms with Crippen molar-refractivity contribution >= 4 is 11.6 Å². The van der Waals surface area contributed by atoms with E-state index >= 15 is 0 Å². The van der Waals surface area contributed by atoms with E-state index in [1.165, 1.54) is 19.0 Å². The lowest BCUT2D eigenvalue weighted by atomic mass is 9.79. The molecule has 0 amide bonds. The van der Waals surface area contributed by atoms with Crippen LogP contribution >= 0.6 is 11.6 Å². The number of halogens is 2. The first kappa shape index (κ1) is 14.4. The lowest BCUT2D eigenvalue weighted by Gasteiger charge is -2.28. The molecule has 0 aliphatic rings. The lowest BCUT2D eigenvalue weighted by molar-refractivity contribution is 0.378. The number of rotatable bonds is 6. The summed E-state index contributed by atoms with van der Waals surface area (Å²) in [7, 11) is 0. The van der Waals surface area contributed by atoms with Crippen LogP contribution in [0.2, 0.25) is 5.02 Å². The van der Waals surface area contributed by atoms with Crippen molar-refractivity contribution in [2.75, 3.05) is 0 Å². The highest BCUT2D eigenvalue weighted by Crippen LogP contribution is 2.35. The number of hydrogen-bond acceptors (Lipinski definition) is 2. The van der Waals surface area contributed by atoms with E-state index in [2.05, 4.69) is 30.7 Å². The molecule has 1 aromatic rings. The van der Waals surface area contributed by atoms with Crippen molar-refractivity contribution in [2.24, 2.45) is 0 Å². The SMILES string of the molecule is CCCCCC(C)(CC)c1nc(F)ncc1Cl. The topological polar surface area (TPSA) is 25.8 Å². The van der Waals surface area contributed by atoms with Crippen LogP contribution in [0.1, 0.15) is 58.6 Å². The molecule has 0 radical (unpaired) electrons. The molecule has 2 nitrogen and oxygen atoms in total. The van der Waals surface area contributed by atoms with Crippen LogP contribution in [0.5, 0.6) is 0 Å². The van der Waals surface area contributed by atoms with Gasteiger partial charge < -0.3 is 0 Å². The molecule has 0 N–H and O–H groups in total. The van der Waals surface area contributed by atoms with Crippen LogP contribution in [-0.4, -0.2) is 9.97 Å². The second-order valence-electron chi connectivity index (χ2n) is 4.71. The molecule has 4 heteroatoms. The average Bonchev–Trinajstić information content (AvgIpc) is 2.32. The second kappa shape index (κ2) is 6.29. The van der Waals surface area contributed by atoms with E-state index in [0.29, 0.717) is 10.7 Å². The van der Waals surface area contributed by atoms with Crippen LogP contribution in [0.15, 0.2) is 6.20 Å². The van der Waals surface area contributed by atoms with E-state index in [4.69, 9.17) is 11.6 Å². The Labute approximate surface area is 108 Å². The molecule has 1 rings (SSSR count). The third-order valence-corrected chi connectivity index (χ3v) is 3.68. The van der Waals surface area contributed by atoms with Crippen molar-refractivity contribution in [3.63, 3.8) is 0 Å². The van der Waals surface area contributed by atoms with Crippen LogP contribution in [0.25, 0.3) is 0 Å². The van der Waals surface area contributed by atoms with E-state index < -0.39 is 6.08 Å². The highest BCUT2D eigenvalue weighted by molar-refractivity contribution is 6.31. The smallest absolute Gasteiger partial charge is 0.209 e. The Bertz CT molecular complexity index is 370. The molecule has 0 aliphatic heterocycles. The second-order valence-corrected chi connectivity index (χ2v) is 5.11. The summed E-state index contributed by atoms with van der Waals surface area (Å²) in [6.07, 6.45) is 6.00. The maximum Gasteiger partial charge on any atom is 0.308 e. The summed E-state index contributed by atoms with van der Waals surface area (Å²) >= 11 is 6.08. The fourth-order valence-corrected chi connectivity index (χ4v) is 2.32. The first-order valence-electron chi connectivity index (χ1n) is 6.22. The highest BCUT2D eigenvalue weighted by atomic mass is 35.5. The molecule has 0 aliphatic carbocycles. The Morgan fingerprint density at radius 1 is 1.35 bits per heavy atom. The first-order chi connectivity index (χ1) is 8.03. The van der Waals surface area contributed by atoms with Gasteiger partial charge in [0.2, 0.25) is 0 Å². The van der Waals surface area contributed by atoms with Gasteiger partial charge in [0.15, 0.2) is 0 Å². The highest BCUT2D eigenvalue weighted by Gasteiger charge is 2.28. The van der Waals surface area contributed by atoms with Gasteiger partial charge in [0.05, 0.1) is 16.9 Å². The van der Waals surface area contributed by atoms with Crippen LogP contribution in [0.3, 0.4) is 0 Å². The summed E-state index contributed by atoms with van der Waals surface area (Å²) in [4.78, 5) is 7.36. The Balaban J connectivity index is 2.94. The van der Waals surface area contributed by atoms with Gasteiger partial charge in [-0.1, -0.05) is 51.6 Å². The largest absolute Gasteiger partial charge is 0.308 e. The van der Waals surface area contributed by atoms with Crippen molar-refractivity contribution in [1.82, 2.24) is 9.97 Å². The van der Waals surface area contributed by atoms with Crippen molar-refractivity contribution in [3.8, 4) is 0 Å². The summed E-state index contributed by atoms with van der Waals surface area (Å²) in [5.74, 6) is 0. The van der Waals surface area contributed by atoms with Crippen molar-refractivity contribution in [1.29, 1.82) is 0 Å². The van der Waals surface area contributed by atoms with Crippen LogP contribution in [0.4, 0.5) is 4.39 Å². The molecule has 96 valence electrons. The Morgan fingerprint density at radius 2 is 2.06 bits per heavy atom. The minimum atomic E-state index is -0.695. The third-order valence-electron chi connectivity index (χ3n) is 3.40. The quantitative estimate of drug-likeness (QED) is 0.554. The molecule has 0 fully saturated rings. The van der Waals surface area contributed by atoms with Gasteiger partial charge in [0, 0.05) is 5.41 Å². The maximum absolute atomic E-state index is 13.1. The van der Waals surface area contributed by atoms with Gasteiger partial charge in [-0.15, -0.1) is 0 Å². The maximum atomic E-state index is 13.1. The van der Waals surface area contributed by atoms with Crippen LogP contribution in [-0.2, 0) is 5.41 Å². The van der Waals surface area contributed by atoms with E-state index in [9.17, 15) is 4.39 Å². The minimum absolute atomic E-state index is 0.157. The minimum Gasteiger partial charge on any atom is -0.209 e. The molecule has 0 saturated carbocycles. The van der Waals surface area contributed by atoms with Gasteiger partial charge in [0.1, 0.15) is 0 Å². The van der Waals surface area contributed by atoms with Gasteiger partial charge in [0.25, 0.3) is 0 Å². The monoisotopic (exact) mass is 258 g/mol. The van der Waals surface area contributed by atoms with Gasteiger partial charge in [-0.2, -0.15) is 4.39 Å². The molecule has 1 unspecified atom stereocenters. The molecule has 1 atom stereocenters. The average molecular weight is 259 g/mol. The van der Waals surface area contributed by atoms with Crippen molar-refractivity contribution in [3.05, 3.63) is 23.0 Å². The van der Waals surface area contributed by atoms with Crippen LogP contribution < -0.4 is 0 Å². The molecule has 1 heterocycles. The predicted molar refractivity (Wildman–Crippen MR) is 68.8 cm³/mol. The lowest BCUT2D eigenvalue weighted by Crippen LogP contribution is -2.24. The van der Waals surface area contributed by atoms with Gasteiger partial charge in [-0.25, -0.2) is 9.97 Å². The Morgan fingerprint density at radius 3 is 2.65 bits per heavy atom. The number of unbranched alkanes of at least 4 members (excludes halogenated alkanes) is 2.